The molecule has 0 aromatic rings. The second-order valence-electron chi connectivity index (χ2n) is 4.57. The maximum absolute atomic E-state index is 2.36. The zero-order valence-corrected chi connectivity index (χ0v) is 11.7. The standard InChI is InChI=1S/2C7H9.Ru/c2*1-6-3-4-7(2)5-6;/h2*5H,3H2,1-2H3;. The monoisotopic (exact) mass is 288 g/mol. The molecule has 0 radical (unpaired) electrons. The summed E-state index contributed by atoms with van der Waals surface area (Å²) in [6.07, 6.45) is 7.18. The van der Waals surface area contributed by atoms with Crippen LogP contribution in [0.3, 0.4) is 0 Å². The van der Waals surface area contributed by atoms with Crippen molar-refractivity contribution in [3.8, 4) is 0 Å². The molecule has 2 aliphatic rings. The molecular formula is C14H18Ru. The average molecular weight is 287 g/mol. The van der Waals surface area contributed by atoms with Crippen LogP contribution in [0.25, 0.3) is 0 Å². The van der Waals surface area contributed by atoms with Crippen molar-refractivity contribution in [2.75, 3.05) is 0 Å². The van der Waals surface area contributed by atoms with E-state index in [0.717, 1.165) is 0 Å². The third kappa shape index (κ3) is 2.40. The summed E-state index contributed by atoms with van der Waals surface area (Å²) in [5, 5.41) is 0. The molecule has 0 nitrogen and oxygen atoms in total. The van der Waals surface area contributed by atoms with E-state index in [2.05, 4.69) is 39.8 Å². The van der Waals surface area contributed by atoms with E-state index in [0.29, 0.717) is 17.1 Å². The van der Waals surface area contributed by atoms with Gasteiger partial charge < -0.3 is 0 Å². The van der Waals surface area contributed by atoms with Gasteiger partial charge in [-0.3, -0.25) is 0 Å². The van der Waals surface area contributed by atoms with E-state index < -0.39 is 0 Å². The molecule has 0 spiro atoms. The van der Waals surface area contributed by atoms with Crippen LogP contribution in [0.4, 0.5) is 0 Å². The number of allylic oxidation sites excluding steroid dienone is 8. The fourth-order valence-electron chi connectivity index (χ4n) is 2.08. The molecule has 0 aromatic carbocycles. The summed E-state index contributed by atoms with van der Waals surface area (Å²) >= 11 is 0.330. The Bertz CT molecular complexity index is 377. The third-order valence-electron chi connectivity index (χ3n) is 2.84. The molecule has 0 saturated carbocycles. The predicted molar refractivity (Wildman–Crippen MR) is 62.1 cm³/mol. The van der Waals surface area contributed by atoms with Crippen LogP contribution in [-0.2, 0) is 17.1 Å². The first-order valence-electron chi connectivity index (χ1n) is 5.42. The Morgan fingerprint density at radius 3 is 1.47 bits per heavy atom. The molecule has 0 bridgehead atoms. The van der Waals surface area contributed by atoms with Crippen LogP contribution in [-0.4, -0.2) is 0 Å². The Morgan fingerprint density at radius 2 is 1.20 bits per heavy atom. The van der Waals surface area contributed by atoms with Crippen molar-refractivity contribution in [2.45, 2.75) is 40.5 Å². The van der Waals surface area contributed by atoms with Crippen LogP contribution in [0.15, 0.2) is 42.8 Å². The first kappa shape index (κ1) is 11.1. The van der Waals surface area contributed by atoms with Crippen molar-refractivity contribution in [3.05, 3.63) is 42.8 Å². The van der Waals surface area contributed by atoms with E-state index >= 15 is 0 Å². The summed E-state index contributed by atoms with van der Waals surface area (Å²) in [7, 11) is 0. The first-order chi connectivity index (χ1) is 7.06. The summed E-state index contributed by atoms with van der Waals surface area (Å²) in [5.41, 5.74) is 6.15. The zero-order valence-electron chi connectivity index (χ0n) is 9.92. The Kier molecular flexibility index (Phi) is 3.12. The quantitative estimate of drug-likeness (QED) is 0.664. The molecule has 0 aliphatic heterocycles. The maximum atomic E-state index is 2.36. The topological polar surface area (TPSA) is 0 Å². The van der Waals surface area contributed by atoms with Gasteiger partial charge in [-0.2, -0.15) is 0 Å². The molecule has 0 saturated heterocycles. The van der Waals surface area contributed by atoms with Gasteiger partial charge in [0.15, 0.2) is 0 Å². The second kappa shape index (κ2) is 4.22. The van der Waals surface area contributed by atoms with Gasteiger partial charge >= 0.3 is 100 Å². The van der Waals surface area contributed by atoms with Crippen LogP contribution in [0, 0.1) is 0 Å². The Morgan fingerprint density at radius 1 is 0.800 bits per heavy atom. The minimum atomic E-state index is 0.330. The van der Waals surface area contributed by atoms with E-state index in [1.54, 1.807) is 8.33 Å². The van der Waals surface area contributed by atoms with Crippen molar-refractivity contribution < 1.29 is 17.1 Å². The van der Waals surface area contributed by atoms with E-state index in [4.69, 9.17) is 0 Å². The molecule has 0 fully saturated rings. The van der Waals surface area contributed by atoms with Crippen LogP contribution >= 0.6 is 0 Å². The summed E-state index contributed by atoms with van der Waals surface area (Å²) < 4.78 is 3.44. The SMILES string of the molecule is CC1=CC(C)=[C]([Ru][C]2=C(C)C=C(C)C2)C1. The van der Waals surface area contributed by atoms with Crippen LogP contribution in [0.2, 0.25) is 0 Å². The molecular weight excluding hydrogens is 269 g/mol. The van der Waals surface area contributed by atoms with Gasteiger partial charge in [-0.1, -0.05) is 0 Å². The molecule has 2 aliphatic carbocycles. The third-order valence-corrected chi connectivity index (χ3v) is 5.87. The fraction of sp³-hybridized carbons (Fsp3) is 0.429. The van der Waals surface area contributed by atoms with Crippen LogP contribution < -0.4 is 0 Å². The average Bonchev–Trinajstić information content (AvgIpc) is 2.58. The van der Waals surface area contributed by atoms with Gasteiger partial charge in [0.25, 0.3) is 0 Å². The molecule has 0 atom stereocenters. The Hall–Kier alpha value is -0.417. The molecule has 82 valence electrons. The van der Waals surface area contributed by atoms with Gasteiger partial charge in [0.1, 0.15) is 0 Å². The number of hydrogen-bond donors (Lipinski definition) is 0. The summed E-state index contributed by atoms with van der Waals surface area (Å²) in [5.74, 6) is 0. The second-order valence-corrected chi connectivity index (χ2v) is 7.10. The molecule has 2 rings (SSSR count). The normalized spacial score (nSPS) is 21.6. The minimum absolute atomic E-state index is 0.330. The van der Waals surface area contributed by atoms with Gasteiger partial charge in [0.2, 0.25) is 0 Å². The van der Waals surface area contributed by atoms with Crippen molar-refractivity contribution in [1.29, 1.82) is 0 Å². The molecule has 0 heterocycles. The van der Waals surface area contributed by atoms with Gasteiger partial charge in [0, 0.05) is 0 Å². The van der Waals surface area contributed by atoms with E-state index in [9.17, 15) is 0 Å². The van der Waals surface area contributed by atoms with Crippen LogP contribution in [0.5, 0.6) is 0 Å². The number of rotatable bonds is 2. The van der Waals surface area contributed by atoms with Gasteiger partial charge in [-0.25, -0.2) is 0 Å². The summed E-state index contributed by atoms with van der Waals surface area (Å²) in [6, 6.07) is 0. The van der Waals surface area contributed by atoms with Crippen molar-refractivity contribution in [3.63, 3.8) is 0 Å². The van der Waals surface area contributed by atoms with Gasteiger partial charge in [-0.15, -0.1) is 0 Å². The molecule has 15 heavy (non-hydrogen) atoms. The van der Waals surface area contributed by atoms with E-state index in [1.807, 2.05) is 0 Å². The molecule has 0 N–H and O–H groups in total. The molecule has 0 aromatic heterocycles. The predicted octanol–water partition coefficient (Wildman–Crippen LogP) is 4.32. The zero-order chi connectivity index (χ0) is 11.0. The van der Waals surface area contributed by atoms with Gasteiger partial charge in [0.05, 0.1) is 0 Å². The Balaban J connectivity index is 2.08. The van der Waals surface area contributed by atoms with E-state index in [-0.39, 0.29) is 0 Å². The summed E-state index contributed by atoms with van der Waals surface area (Å²) in [6.45, 7) is 9.03. The summed E-state index contributed by atoms with van der Waals surface area (Å²) in [4.78, 5) is 0. The molecule has 0 unspecified atom stereocenters. The fourth-order valence-corrected chi connectivity index (χ4v) is 4.93. The van der Waals surface area contributed by atoms with Crippen LogP contribution in [0.1, 0.15) is 40.5 Å². The van der Waals surface area contributed by atoms with Gasteiger partial charge in [-0.05, 0) is 0 Å². The van der Waals surface area contributed by atoms with Crippen molar-refractivity contribution in [1.82, 2.24) is 0 Å². The van der Waals surface area contributed by atoms with Crippen molar-refractivity contribution >= 4 is 0 Å². The van der Waals surface area contributed by atoms with Crippen molar-refractivity contribution in [2.24, 2.45) is 0 Å². The molecule has 1 heteroatoms. The molecule has 0 amide bonds. The first-order valence-corrected chi connectivity index (χ1v) is 7.16. The van der Waals surface area contributed by atoms with E-state index in [1.165, 1.54) is 35.1 Å². The Labute approximate surface area is 100 Å². The number of hydrogen-bond acceptors (Lipinski definition) is 0.